The van der Waals surface area contributed by atoms with Crippen LogP contribution in [-0.2, 0) is 41.5 Å². The Morgan fingerprint density at radius 1 is 1.08 bits per heavy atom. The number of hydrogen-bond donors (Lipinski definition) is 0. The van der Waals surface area contributed by atoms with E-state index in [9.17, 15) is 15.1 Å². The number of rotatable bonds is 9. The molecule has 2 aliphatic rings. The molecule has 2 fully saturated rings. The summed E-state index contributed by atoms with van der Waals surface area (Å²) in [6, 6.07) is 16.6. The molecule has 0 spiro atoms. The van der Waals surface area contributed by atoms with Crippen molar-refractivity contribution in [1.29, 1.82) is 0 Å². The molecule has 2 heterocycles. The quantitative estimate of drug-likeness (QED) is 0.216. The molecule has 1 amide bonds. The first-order chi connectivity index (χ1) is 17.8. The van der Waals surface area contributed by atoms with Crippen LogP contribution in [0.1, 0.15) is 25.0 Å². The predicted octanol–water partition coefficient (Wildman–Crippen LogP) is 3.96. The van der Waals surface area contributed by atoms with Crippen molar-refractivity contribution in [3.05, 3.63) is 82.2 Å². The first kappa shape index (κ1) is 26.4. The number of methoxy groups -OCH3 is 1. The molecule has 1 unspecified atom stereocenters. The highest BCUT2D eigenvalue weighted by Gasteiger charge is 2.55. The number of carbonyl (C=O) groups excluding carboxylic acids is 2. The molecule has 0 aliphatic carbocycles. The van der Waals surface area contributed by atoms with Crippen molar-refractivity contribution in [2.45, 2.75) is 63.2 Å². The van der Waals surface area contributed by atoms with Crippen LogP contribution in [0.25, 0.3) is 10.4 Å². The number of fused-ring (bicyclic) bond motifs is 1. The van der Waals surface area contributed by atoms with E-state index in [1.165, 1.54) is 12.0 Å². The van der Waals surface area contributed by atoms with E-state index in [-0.39, 0.29) is 19.6 Å². The minimum absolute atomic E-state index is 0.00631. The van der Waals surface area contributed by atoms with Crippen LogP contribution < -0.4 is 0 Å². The fraction of sp³-hybridized carbons (Fsp3) is 0.462. The maximum atomic E-state index is 13.4. The van der Waals surface area contributed by atoms with Gasteiger partial charge in [-0.05, 0) is 30.5 Å². The summed E-state index contributed by atoms with van der Waals surface area (Å²) >= 11 is 0. The van der Waals surface area contributed by atoms with Gasteiger partial charge in [-0.3, -0.25) is 4.90 Å². The van der Waals surface area contributed by atoms with Crippen LogP contribution in [0, 0.1) is 0 Å². The molecular weight excluding hydrogens is 480 g/mol. The first-order valence-corrected chi connectivity index (χ1v) is 12.0. The third kappa shape index (κ3) is 6.39. The molecule has 4 rings (SSSR count). The van der Waals surface area contributed by atoms with Crippen molar-refractivity contribution in [2.24, 2.45) is 5.11 Å². The van der Waals surface area contributed by atoms with Gasteiger partial charge in [0.05, 0.1) is 25.8 Å². The van der Waals surface area contributed by atoms with E-state index in [0.29, 0.717) is 0 Å². The van der Waals surface area contributed by atoms with Crippen molar-refractivity contribution in [3.63, 3.8) is 0 Å². The van der Waals surface area contributed by atoms with Gasteiger partial charge in [-0.2, -0.15) is 0 Å². The van der Waals surface area contributed by atoms with E-state index in [1.807, 2.05) is 60.7 Å². The van der Waals surface area contributed by atoms with Crippen LogP contribution in [0.3, 0.4) is 0 Å². The number of nitrogens with zero attached hydrogens (tertiary/aromatic N) is 4. The Morgan fingerprint density at radius 2 is 1.73 bits per heavy atom. The fourth-order valence-corrected chi connectivity index (χ4v) is 4.53. The topological polar surface area (TPSA) is 132 Å². The van der Waals surface area contributed by atoms with Crippen molar-refractivity contribution in [3.8, 4) is 0 Å². The average molecular weight is 511 g/mol. The average Bonchev–Trinajstić information content (AvgIpc) is 3.36. The van der Waals surface area contributed by atoms with Gasteiger partial charge in [0.25, 0.3) is 0 Å². The highest BCUT2D eigenvalue weighted by Crippen LogP contribution is 2.39. The highest BCUT2D eigenvalue weighted by molar-refractivity contribution is 5.81. The van der Waals surface area contributed by atoms with Crippen LogP contribution in [-0.4, -0.2) is 67.0 Å². The summed E-state index contributed by atoms with van der Waals surface area (Å²) in [5.41, 5.74) is 10.8. The molecule has 2 saturated heterocycles. The number of hydrogen-bond acceptors (Lipinski definition) is 8. The standard InChI is InChI=1S/C26H30N4O7/c1-26(2)36-22-21(28-29-27)20(35-24(22)37-26)15-30(25(32)34-16-18-12-8-5-9-13-18)19(23(31)33-3)14-17-10-6-4-7-11-17/h4-13,19-22,24H,14-16H2,1-3H3/t19?,20-,21+,22-,24-/m1/s1. The van der Waals surface area contributed by atoms with E-state index in [1.54, 1.807) is 13.8 Å². The van der Waals surface area contributed by atoms with Gasteiger partial charge in [0, 0.05) is 11.3 Å². The van der Waals surface area contributed by atoms with E-state index in [4.69, 9.17) is 23.7 Å². The van der Waals surface area contributed by atoms with E-state index in [0.717, 1.165) is 11.1 Å². The lowest BCUT2D eigenvalue weighted by molar-refractivity contribution is -0.207. The molecule has 2 aromatic rings. The van der Waals surface area contributed by atoms with E-state index in [2.05, 4.69) is 10.0 Å². The predicted molar refractivity (Wildman–Crippen MR) is 131 cm³/mol. The number of ether oxygens (including phenoxy) is 5. The number of carbonyl (C=O) groups is 2. The van der Waals surface area contributed by atoms with Gasteiger partial charge in [0.1, 0.15) is 18.8 Å². The first-order valence-electron chi connectivity index (χ1n) is 12.0. The molecule has 0 N–H and O–H groups in total. The smallest absolute Gasteiger partial charge is 0.410 e. The Bertz CT molecular complexity index is 1120. The van der Waals surface area contributed by atoms with Crippen molar-refractivity contribution >= 4 is 12.1 Å². The molecule has 2 aliphatic heterocycles. The van der Waals surface area contributed by atoms with Crippen molar-refractivity contribution < 1.29 is 33.3 Å². The van der Waals surface area contributed by atoms with E-state index < -0.39 is 48.4 Å². The second kappa shape index (κ2) is 11.6. The molecule has 196 valence electrons. The Kier molecular flexibility index (Phi) is 8.30. The maximum Gasteiger partial charge on any atom is 0.410 e. The zero-order valence-corrected chi connectivity index (χ0v) is 20.9. The molecule has 11 nitrogen and oxygen atoms in total. The summed E-state index contributed by atoms with van der Waals surface area (Å²) in [6.07, 6.45) is -2.82. The van der Waals surface area contributed by atoms with Gasteiger partial charge in [-0.15, -0.1) is 0 Å². The summed E-state index contributed by atoms with van der Waals surface area (Å²) in [7, 11) is 1.26. The zero-order chi connectivity index (χ0) is 26.4. The van der Waals surface area contributed by atoms with Gasteiger partial charge in [0.2, 0.25) is 0 Å². The van der Waals surface area contributed by atoms with Gasteiger partial charge < -0.3 is 23.7 Å². The van der Waals surface area contributed by atoms with Crippen molar-refractivity contribution in [2.75, 3.05) is 13.7 Å². The summed E-state index contributed by atoms with van der Waals surface area (Å²) < 4.78 is 28.4. The van der Waals surface area contributed by atoms with Gasteiger partial charge in [-0.1, -0.05) is 65.8 Å². The Labute approximate surface area is 214 Å². The SMILES string of the molecule is COC(=O)C(Cc1ccccc1)N(C[C@H]1O[C@@H]2OC(C)(C)O[C@@H]2[C@H]1N=[N+]=[N-])C(=O)OCc1ccccc1. The summed E-state index contributed by atoms with van der Waals surface area (Å²) in [5, 5.41) is 3.88. The minimum atomic E-state index is -1.02. The third-order valence-corrected chi connectivity index (χ3v) is 6.24. The largest absolute Gasteiger partial charge is 0.467 e. The lowest BCUT2D eigenvalue weighted by Gasteiger charge is -2.33. The molecule has 37 heavy (non-hydrogen) atoms. The summed E-state index contributed by atoms with van der Waals surface area (Å²) in [5.74, 6) is -1.53. The van der Waals surface area contributed by atoms with E-state index >= 15 is 0 Å². The molecule has 0 radical (unpaired) electrons. The van der Waals surface area contributed by atoms with Crippen LogP contribution in [0.2, 0.25) is 0 Å². The summed E-state index contributed by atoms with van der Waals surface area (Å²) in [6.45, 7) is 3.35. The minimum Gasteiger partial charge on any atom is -0.467 e. The monoisotopic (exact) mass is 510 g/mol. The highest BCUT2D eigenvalue weighted by atomic mass is 16.8. The molecule has 0 aromatic heterocycles. The molecular formula is C26H30N4O7. The molecule has 11 heteroatoms. The number of azide groups is 1. The molecule has 0 saturated carbocycles. The lowest BCUT2D eigenvalue weighted by Crippen LogP contribution is -2.52. The van der Waals surface area contributed by atoms with Gasteiger partial charge in [-0.25, -0.2) is 9.59 Å². The van der Waals surface area contributed by atoms with Gasteiger partial charge in [0.15, 0.2) is 12.1 Å². The summed E-state index contributed by atoms with van der Waals surface area (Å²) in [4.78, 5) is 30.6. The Morgan fingerprint density at radius 3 is 2.35 bits per heavy atom. The number of esters is 1. The molecule has 0 bridgehead atoms. The van der Waals surface area contributed by atoms with Crippen molar-refractivity contribution in [1.82, 2.24) is 4.90 Å². The van der Waals surface area contributed by atoms with Crippen LogP contribution in [0.15, 0.2) is 65.8 Å². The normalized spacial score (nSPS) is 24.4. The lowest BCUT2D eigenvalue weighted by atomic mass is 10.0. The zero-order valence-electron chi connectivity index (χ0n) is 20.9. The molecule has 2 aromatic carbocycles. The number of amides is 1. The molecule has 5 atom stereocenters. The van der Waals surface area contributed by atoms with Crippen LogP contribution in [0.5, 0.6) is 0 Å². The Hall–Kier alpha value is -3.63. The number of benzene rings is 2. The second-order valence-electron chi connectivity index (χ2n) is 9.26. The Balaban J connectivity index is 1.60. The third-order valence-electron chi connectivity index (χ3n) is 6.24. The second-order valence-corrected chi connectivity index (χ2v) is 9.26. The maximum absolute atomic E-state index is 13.4. The fourth-order valence-electron chi connectivity index (χ4n) is 4.53. The van der Waals surface area contributed by atoms with Crippen LogP contribution in [0.4, 0.5) is 4.79 Å². The van der Waals surface area contributed by atoms with Gasteiger partial charge >= 0.3 is 12.1 Å². The van der Waals surface area contributed by atoms with Crippen LogP contribution >= 0.6 is 0 Å².